The number of nitrogens with zero attached hydrogens (tertiary/aromatic N) is 2. The molecule has 0 bridgehead atoms. The standard InChI is InChI=1S/C60H42N2/c1-4-14-43(15-5-1)44-24-26-45(27-25-44)46-28-35-52(36-29-46)61(54-39-32-49(33-40-54)56-21-11-10-20-55(56)48-16-6-2-7-17-48)53-37-30-47(31-38-53)50-34-41-60-58(42-50)57-22-12-13-23-59(57)62(60)51-18-8-3-9-19-51/h1-42H/i1D,3D,4D,5D,8D,9D,12D,13D,14D,15D,18D,19D,22D,23D,24D,25D,26D,27D,28D,29D,30D,31D,34D,35D,36D,37D,38D,41D,42D. The fourth-order valence-electron chi connectivity index (χ4n) is 7.01. The lowest BCUT2D eigenvalue weighted by atomic mass is 9.94. The maximum Gasteiger partial charge on any atom is 0.0645 e. The van der Waals surface area contributed by atoms with E-state index in [1.54, 1.807) is 18.2 Å². The topological polar surface area (TPSA) is 8.17 Å². The first-order valence-corrected chi connectivity index (χ1v) is 18.9. The lowest BCUT2D eigenvalue weighted by Gasteiger charge is -2.26. The van der Waals surface area contributed by atoms with E-state index >= 15 is 0 Å². The van der Waals surface area contributed by atoms with Crippen molar-refractivity contribution < 1.29 is 39.8 Å². The Bertz CT molecular complexity index is 4900. The van der Waals surface area contributed by atoms with Crippen LogP contribution in [-0.4, -0.2) is 4.57 Å². The summed E-state index contributed by atoms with van der Waals surface area (Å²) >= 11 is 0. The summed E-state index contributed by atoms with van der Waals surface area (Å²) in [6.07, 6.45) is 0. The SMILES string of the molecule is [2H]c1c([2H])c([2H])c(-c2c([2H])c([2H])c(-c3c([2H])c([2H])c(N(c4ccc(-c5ccccc5-c5ccccc5)cc4)c4c([2H])c([2H])c(-c5c([2H])c([2H])c6c(c5[2H])c5c([2H])c([2H])c([2H])c([2H])c5n6-c5c([2H])c([2H])c([2H])c([2H])c5[2H])c([2H])c4[2H])c([2H])c3[2H])c([2H])c2[2H])c([2H])c1[2H]. The molecule has 0 spiro atoms. The third kappa shape index (κ3) is 6.94. The molecule has 11 aromatic rings. The lowest BCUT2D eigenvalue weighted by Crippen LogP contribution is -2.09. The number of anilines is 3. The Hall–Kier alpha value is -8.20. The van der Waals surface area contributed by atoms with Gasteiger partial charge in [0.05, 0.1) is 50.8 Å². The summed E-state index contributed by atoms with van der Waals surface area (Å²) < 4.78 is 263. The Morgan fingerprint density at radius 3 is 1.37 bits per heavy atom. The molecule has 0 aliphatic heterocycles. The molecule has 62 heavy (non-hydrogen) atoms. The highest BCUT2D eigenvalue weighted by Crippen LogP contribution is 2.40. The van der Waals surface area contributed by atoms with Crippen LogP contribution in [0.15, 0.2) is 254 Å². The second kappa shape index (κ2) is 16.1. The molecule has 0 unspecified atom stereocenters. The second-order valence-electron chi connectivity index (χ2n) is 13.5. The van der Waals surface area contributed by atoms with Crippen molar-refractivity contribution in [3.05, 3.63) is 254 Å². The van der Waals surface area contributed by atoms with Gasteiger partial charge in [-0.15, -0.1) is 0 Å². The van der Waals surface area contributed by atoms with Gasteiger partial charge in [0, 0.05) is 33.5 Å². The smallest absolute Gasteiger partial charge is 0.0645 e. The number of benzene rings is 10. The molecule has 0 aliphatic carbocycles. The van der Waals surface area contributed by atoms with Crippen molar-refractivity contribution in [3.63, 3.8) is 0 Å². The van der Waals surface area contributed by atoms with Crippen molar-refractivity contribution in [2.45, 2.75) is 0 Å². The minimum Gasteiger partial charge on any atom is -0.311 e. The van der Waals surface area contributed by atoms with Crippen molar-refractivity contribution >= 4 is 38.9 Å². The molecule has 1 heterocycles. The highest BCUT2D eigenvalue weighted by atomic mass is 15.1. The van der Waals surface area contributed by atoms with Crippen LogP contribution in [0.3, 0.4) is 0 Å². The molecule has 10 aromatic carbocycles. The molecule has 0 atom stereocenters. The summed E-state index contributed by atoms with van der Waals surface area (Å²) in [6, 6.07) is -4.25. The third-order valence-corrected chi connectivity index (χ3v) is 9.86. The molecule has 0 aliphatic rings. The van der Waals surface area contributed by atoms with E-state index in [2.05, 4.69) is 0 Å². The van der Waals surface area contributed by atoms with E-state index in [9.17, 15) is 15.1 Å². The van der Waals surface area contributed by atoms with Crippen LogP contribution >= 0.6 is 0 Å². The van der Waals surface area contributed by atoms with E-state index in [1.807, 2.05) is 48.5 Å². The number of hydrogen-bond donors (Lipinski definition) is 0. The van der Waals surface area contributed by atoms with Crippen molar-refractivity contribution in [2.75, 3.05) is 4.90 Å². The molecule has 0 fully saturated rings. The molecule has 0 radical (unpaired) electrons. The molecule has 0 N–H and O–H groups in total. The van der Waals surface area contributed by atoms with Gasteiger partial charge >= 0.3 is 0 Å². The van der Waals surface area contributed by atoms with E-state index < -0.39 is 247 Å². The van der Waals surface area contributed by atoms with Crippen LogP contribution in [0.4, 0.5) is 17.1 Å². The molecule has 1 aromatic heterocycles. The molecule has 2 heteroatoms. The first-order chi connectivity index (χ1) is 42.8. The maximum absolute atomic E-state index is 9.80. The van der Waals surface area contributed by atoms with Gasteiger partial charge in [-0.3, -0.25) is 0 Å². The van der Waals surface area contributed by atoms with Crippen LogP contribution in [0, 0.1) is 0 Å². The average molecular weight is 820 g/mol. The first kappa shape index (κ1) is 17.4. The molecule has 0 amide bonds. The predicted molar refractivity (Wildman–Crippen MR) is 263 cm³/mol. The van der Waals surface area contributed by atoms with Gasteiger partial charge in [-0.25, -0.2) is 0 Å². The average Bonchev–Trinajstić information content (AvgIpc) is 1.62. The molecule has 2 nitrogen and oxygen atoms in total. The largest absolute Gasteiger partial charge is 0.311 e. The fourth-order valence-corrected chi connectivity index (χ4v) is 7.01. The van der Waals surface area contributed by atoms with Gasteiger partial charge in [0.15, 0.2) is 0 Å². The van der Waals surface area contributed by atoms with Crippen molar-refractivity contribution in [1.82, 2.24) is 4.57 Å². The van der Waals surface area contributed by atoms with E-state index in [0.29, 0.717) is 11.1 Å². The number of para-hydroxylation sites is 2. The van der Waals surface area contributed by atoms with E-state index in [1.165, 1.54) is 12.1 Å². The van der Waals surface area contributed by atoms with Crippen LogP contribution in [-0.2, 0) is 0 Å². The van der Waals surface area contributed by atoms with Crippen LogP contribution in [0.1, 0.15) is 39.8 Å². The summed E-state index contributed by atoms with van der Waals surface area (Å²) in [5.74, 6) is 0. The fraction of sp³-hybridized carbons (Fsp3) is 0. The second-order valence-corrected chi connectivity index (χ2v) is 13.5. The Labute approximate surface area is 403 Å². The summed E-state index contributed by atoms with van der Waals surface area (Å²) in [6.45, 7) is 0. The van der Waals surface area contributed by atoms with Crippen molar-refractivity contribution in [3.8, 4) is 61.3 Å². The molecule has 0 saturated carbocycles. The monoisotopic (exact) mass is 820 g/mol. The van der Waals surface area contributed by atoms with Crippen LogP contribution in [0.5, 0.6) is 0 Å². The van der Waals surface area contributed by atoms with Gasteiger partial charge in [-0.1, -0.05) is 188 Å². The van der Waals surface area contributed by atoms with Crippen LogP contribution < -0.4 is 4.90 Å². The zero-order chi connectivity index (χ0) is 66.5. The van der Waals surface area contributed by atoms with Crippen LogP contribution in [0.25, 0.3) is 83.1 Å². The molecule has 292 valence electrons. The maximum atomic E-state index is 9.80. The molecule has 0 saturated heterocycles. The summed E-state index contributed by atoms with van der Waals surface area (Å²) in [5, 5.41) is -1.11. The third-order valence-electron chi connectivity index (χ3n) is 9.86. The zero-order valence-electron chi connectivity index (χ0n) is 60.9. The molecular weight excluding hydrogens is 749 g/mol. The van der Waals surface area contributed by atoms with Gasteiger partial charge in [0.1, 0.15) is 0 Å². The Morgan fingerprint density at radius 2 is 0.758 bits per heavy atom. The highest BCUT2D eigenvalue weighted by molar-refractivity contribution is 6.10. The minimum absolute atomic E-state index is 0.123. The van der Waals surface area contributed by atoms with E-state index in [0.717, 1.165) is 20.6 Å². The van der Waals surface area contributed by atoms with Crippen LogP contribution in [0.2, 0.25) is 0 Å². The van der Waals surface area contributed by atoms with E-state index in [-0.39, 0.29) is 5.69 Å². The Morgan fingerprint density at radius 1 is 0.306 bits per heavy atom. The number of fused-ring (bicyclic) bond motifs is 3. The van der Waals surface area contributed by atoms with Crippen molar-refractivity contribution in [2.24, 2.45) is 0 Å². The van der Waals surface area contributed by atoms with Gasteiger partial charge in [-0.2, -0.15) is 0 Å². The summed E-state index contributed by atoms with van der Waals surface area (Å²) in [4.78, 5) is 0.880. The van der Waals surface area contributed by atoms with Gasteiger partial charge in [0.25, 0.3) is 0 Å². The summed E-state index contributed by atoms with van der Waals surface area (Å²) in [7, 11) is 0. The molecule has 11 rings (SSSR count). The number of aromatic nitrogens is 1. The normalized spacial score (nSPS) is 17.8. The number of rotatable bonds is 9. The van der Waals surface area contributed by atoms with Gasteiger partial charge < -0.3 is 9.47 Å². The van der Waals surface area contributed by atoms with Gasteiger partial charge in [-0.05, 0) is 122 Å². The Balaban J connectivity index is 1.19. The van der Waals surface area contributed by atoms with Crippen molar-refractivity contribution in [1.29, 1.82) is 0 Å². The lowest BCUT2D eigenvalue weighted by molar-refractivity contribution is 1.18. The predicted octanol–water partition coefficient (Wildman–Crippen LogP) is 16.6. The zero-order valence-corrected chi connectivity index (χ0v) is 31.9. The van der Waals surface area contributed by atoms with Gasteiger partial charge in [0.2, 0.25) is 0 Å². The minimum atomic E-state index is -1.04. The first-order valence-electron chi connectivity index (χ1n) is 33.4. The quantitative estimate of drug-likeness (QED) is 0.141. The Kier molecular flexibility index (Phi) is 4.52. The highest BCUT2D eigenvalue weighted by Gasteiger charge is 2.17. The number of hydrogen-bond acceptors (Lipinski definition) is 1. The molecular formula is C60H42N2. The summed E-state index contributed by atoms with van der Waals surface area (Å²) in [5.41, 5.74) is -5.28. The van der Waals surface area contributed by atoms with E-state index in [4.69, 9.17) is 24.7 Å².